The molecule has 154 valence electrons. The van der Waals surface area contributed by atoms with E-state index in [0.29, 0.717) is 24.9 Å². The van der Waals surface area contributed by atoms with E-state index < -0.39 is 11.7 Å². The molecule has 2 aromatic carbocycles. The Morgan fingerprint density at radius 3 is 2.72 bits per heavy atom. The van der Waals surface area contributed by atoms with Crippen LogP contribution in [0.25, 0.3) is 11.0 Å². The van der Waals surface area contributed by atoms with Gasteiger partial charge in [0.2, 0.25) is 0 Å². The molecule has 1 atom stereocenters. The summed E-state index contributed by atoms with van der Waals surface area (Å²) in [6.45, 7) is 2.65. The summed E-state index contributed by atoms with van der Waals surface area (Å²) in [7, 11) is 0. The number of aryl methyl sites for hydroxylation is 3. The van der Waals surface area contributed by atoms with Crippen LogP contribution < -0.4 is 11.1 Å². The quantitative estimate of drug-likeness (QED) is 0.669. The van der Waals surface area contributed by atoms with Gasteiger partial charge in [-0.2, -0.15) is 13.2 Å². The summed E-state index contributed by atoms with van der Waals surface area (Å²) in [5.41, 5.74) is 6.23. The van der Waals surface area contributed by atoms with Gasteiger partial charge < -0.3 is 5.43 Å². The van der Waals surface area contributed by atoms with E-state index in [2.05, 4.69) is 11.5 Å². The zero-order valence-corrected chi connectivity index (χ0v) is 16.3. The fraction of sp³-hybridized carbons (Fsp3) is 0.409. The van der Waals surface area contributed by atoms with Gasteiger partial charge in [0.1, 0.15) is 0 Å². The number of hydrogen-bond acceptors (Lipinski definition) is 2. The first kappa shape index (κ1) is 19.6. The number of nitrogens with zero attached hydrogens (tertiary/aromatic N) is 2. The second-order valence-electron chi connectivity index (χ2n) is 7.78. The van der Waals surface area contributed by atoms with Gasteiger partial charge in [-0.3, -0.25) is 4.57 Å². The smallest absolute Gasteiger partial charge is 0.319 e. The molecule has 0 amide bonds. The van der Waals surface area contributed by atoms with Gasteiger partial charge in [-0.15, -0.1) is 0 Å². The molecule has 0 radical (unpaired) electrons. The van der Waals surface area contributed by atoms with Crippen molar-refractivity contribution in [3.63, 3.8) is 0 Å². The predicted octanol–water partition coefficient (Wildman–Crippen LogP) is 4.72. The Morgan fingerprint density at radius 2 is 1.93 bits per heavy atom. The molecule has 29 heavy (non-hydrogen) atoms. The third-order valence-corrected chi connectivity index (χ3v) is 5.58. The lowest BCUT2D eigenvalue weighted by atomic mass is 10.0. The Balaban J connectivity index is 1.53. The third kappa shape index (κ3) is 3.91. The lowest BCUT2D eigenvalue weighted by Crippen LogP contribution is -2.35. The van der Waals surface area contributed by atoms with Crippen LogP contribution in [-0.4, -0.2) is 15.3 Å². The molecular weight excluding hydrogens is 379 g/mol. The summed E-state index contributed by atoms with van der Waals surface area (Å²) in [4.78, 5) is 13.0. The maximum Gasteiger partial charge on any atom is 0.416 e. The largest absolute Gasteiger partial charge is 0.416 e. The minimum atomic E-state index is -4.34. The van der Waals surface area contributed by atoms with Gasteiger partial charge >= 0.3 is 11.9 Å². The minimum absolute atomic E-state index is 0.0760. The zero-order chi connectivity index (χ0) is 20.6. The molecule has 1 aliphatic rings. The molecular formula is C22H24F3N3O. The van der Waals surface area contributed by atoms with Gasteiger partial charge in [-0.25, -0.2) is 9.47 Å². The molecule has 1 unspecified atom stereocenters. The first-order valence-electron chi connectivity index (χ1n) is 10.0. The van der Waals surface area contributed by atoms with Crippen LogP contribution in [0.4, 0.5) is 13.2 Å². The Labute approximate surface area is 166 Å². The Hall–Kier alpha value is -2.70. The van der Waals surface area contributed by atoms with Gasteiger partial charge in [-0.1, -0.05) is 30.3 Å². The van der Waals surface area contributed by atoms with Crippen molar-refractivity contribution in [3.05, 3.63) is 69.6 Å². The van der Waals surface area contributed by atoms with Gasteiger partial charge in [0.05, 0.1) is 16.6 Å². The highest BCUT2D eigenvalue weighted by Crippen LogP contribution is 2.30. The van der Waals surface area contributed by atoms with Crippen LogP contribution in [0.15, 0.2) is 47.3 Å². The number of benzene rings is 2. The number of imidazole rings is 1. The summed E-state index contributed by atoms with van der Waals surface area (Å²) >= 11 is 0. The molecule has 1 aliphatic heterocycles. The SMILES string of the molecule is CC(CCc1cccc(C(F)(F)F)c1)Nn1c(=O)n2c3c(cccc31)CCCC2. The normalized spacial score (nSPS) is 15.3. The topological polar surface area (TPSA) is 39.0 Å². The van der Waals surface area contributed by atoms with Crippen molar-refractivity contribution in [2.45, 2.75) is 57.8 Å². The van der Waals surface area contributed by atoms with E-state index in [1.165, 1.54) is 17.7 Å². The molecule has 0 saturated heterocycles. The molecule has 7 heteroatoms. The average Bonchev–Trinajstić information content (AvgIpc) is 2.84. The van der Waals surface area contributed by atoms with E-state index in [9.17, 15) is 18.0 Å². The number of alkyl halides is 3. The fourth-order valence-corrected chi connectivity index (χ4v) is 4.08. The molecule has 0 aliphatic carbocycles. The maximum absolute atomic E-state index is 13.0. The van der Waals surface area contributed by atoms with Gasteiger partial charge in [-0.05, 0) is 62.3 Å². The van der Waals surface area contributed by atoms with E-state index in [4.69, 9.17) is 0 Å². The molecule has 4 rings (SSSR count). The Bertz CT molecular complexity index is 1080. The minimum Gasteiger partial charge on any atom is -0.319 e. The maximum atomic E-state index is 13.0. The Kier molecular flexibility index (Phi) is 5.15. The number of nitrogens with one attached hydrogen (secondary N) is 1. The molecule has 0 bridgehead atoms. The average molecular weight is 403 g/mol. The van der Waals surface area contributed by atoms with E-state index in [-0.39, 0.29) is 11.7 Å². The highest BCUT2D eigenvalue weighted by Gasteiger charge is 2.30. The first-order valence-corrected chi connectivity index (χ1v) is 10.0. The predicted molar refractivity (Wildman–Crippen MR) is 108 cm³/mol. The van der Waals surface area contributed by atoms with E-state index in [1.54, 1.807) is 10.7 Å². The second kappa shape index (κ2) is 7.61. The molecule has 1 aromatic heterocycles. The summed E-state index contributed by atoms with van der Waals surface area (Å²) in [6.07, 6.45) is -0.222. The fourth-order valence-electron chi connectivity index (χ4n) is 4.08. The number of hydrogen-bond donors (Lipinski definition) is 1. The van der Waals surface area contributed by atoms with Crippen LogP contribution in [0.5, 0.6) is 0 Å². The lowest BCUT2D eigenvalue weighted by molar-refractivity contribution is -0.137. The lowest BCUT2D eigenvalue weighted by Gasteiger charge is -2.16. The van der Waals surface area contributed by atoms with Crippen molar-refractivity contribution < 1.29 is 13.2 Å². The van der Waals surface area contributed by atoms with Crippen molar-refractivity contribution in [2.75, 3.05) is 5.43 Å². The van der Waals surface area contributed by atoms with Gasteiger partial charge in [0.15, 0.2) is 0 Å². The number of para-hydroxylation sites is 1. The number of halogens is 3. The monoisotopic (exact) mass is 403 g/mol. The second-order valence-corrected chi connectivity index (χ2v) is 7.78. The summed E-state index contributed by atoms with van der Waals surface area (Å²) in [5.74, 6) is 0. The van der Waals surface area contributed by atoms with E-state index in [1.807, 2.05) is 23.6 Å². The summed E-state index contributed by atoms with van der Waals surface area (Å²) in [6, 6.07) is 11.3. The molecule has 4 nitrogen and oxygen atoms in total. The first-order chi connectivity index (χ1) is 13.8. The van der Waals surface area contributed by atoms with Crippen molar-refractivity contribution in [2.24, 2.45) is 0 Å². The molecule has 0 saturated carbocycles. The van der Waals surface area contributed by atoms with Gasteiger partial charge in [0, 0.05) is 12.6 Å². The highest BCUT2D eigenvalue weighted by atomic mass is 19.4. The van der Waals surface area contributed by atoms with Crippen molar-refractivity contribution in [3.8, 4) is 0 Å². The number of rotatable bonds is 5. The van der Waals surface area contributed by atoms with Crippen LogP contribution in [0.3, 0.4) is 0 Å². The molecule has 0 spiro atoms. The van der Waals surface area contributed by atoms with E-state index in [0.717, 1.165) is 36.4 Å². The summed E-state index contributed by atoms with van der Waals surface area (Å²) in [5, 5.41) is 0. The molecule has 1 N–H and O–H groups in total. The standard InChI is InChI=1S/C22H24F3N3O/c1-15(11-12-16-6-4-9-18(14-16)22(23,24)25)26-28-19-10-5-8-17-7-2-3-13-27(20(17)19)21(28)29/h4-6,8-10,14-15,26H,2-3,7,11-13H2,1H3. The van der Waals surface area contributed by atoms with Crippen LogP contribution in [0.2, 0.25) is 0 Å². The number of aromatic nitrogens is 2. The third-order valence-electron chi connectivity index (χ3n) is 5.58. The van der Waals surface area contributed by atoms with Crippen LogP contribution in [0.1, 0.15) is 42.9 Å². The molecule has 2 heterocycles. The highest BCUT2D eigenvalue weighted by molar-refractivity contribution is 5.80. The molecule has 3 aromatic rings. The van der Waals surface area contributed by atoms with Crippen LogP contribution in [0, 0.1) is 0 Å². The van der Waals surface area contributed by atoms with Gasteiger partial charge in [0.25, 0.3) is 0 Å². The zero-order valence-electron chi connectivity index (χ0n) is 16.3. The van der Waals surface area contributed by atoms with Crippen molar-refractivity contribution in [1.82, 2.24) is 9.24 Å². The van der Waals surface area contributed by atoms with E-state index >= 15 is 0 Å². The summed E-state index contributed by atoms with van der Waals surface area (Å²) < 4.78 is 42.1. The Morgan fingerprint density at radius 1 is 1.14 bits per heavy atom. The van der Waals surface area contributed by atoms with Crippen molar-refractivity contribution >= 4 is 11.0 Å². The van der Waals surface area contributed by atoms with Crippen LogP contribution in [-0.2, 0) is 25.6 Å². The van der Waals surface area contributed by atoms with Crippen molar-refractivity contribution in [1.29, 1.82) is 0 Å². The molecule has 0 fully saturated rings. The van der Waals surface area contributed by atoms with Crippen LogP contribution >= 0.6 is 0 Å².